The summed E-state index contributed by atoms with van der Waals surface area (Å²) in [5.74, 6) is 1.30. The van der Waals surface area contributed by atoms with E-state index in [-0.39, 0.29) is 0 Å². The summed E-state index contributed by atoms with van der Waals surface area (Å²) < 4.78 is 1.63. The molecule has 7 heteroatoms. The third kappa shape index (κ3) is 2.98. The van der Waals surface area contributed by atoms with Crippen LogP contribution in [0, 0.1) is 0 Å². The second kappa shape index (κ2) is 6.21. The molecule has 0 amide bonds. The van der Waals surface area contributed by atoms with E-state index in [0.717, 1.165) is 12.1 Å². The Balaban J connectivity index is 2.30. The van der Waals surface area contributed by atoms with Gasteiger partial charge < -0.3 is 5.32 Å². The van der Waals surface area contributed by atoms with Gasteiger partial charge in [-0.2, -0.15) is 4.68 Å². The van der Waals surface area contributed by atoms with Crippen LogP contribution in [0.5, 0.6) is 0 Å². The number of alkyl halides is 2. The van der Waals surface area contributed by atoms with Crippen LogP contribution in [0.3, 0.4) is 0 Å². The summed E-state index contributed by atoms with van der Waals surface area (Å²) in [6.07, 6.45) is 0.779. The monoisotopic (exact) mass is 299 g/mol. The Morgan fingerprint density at radius 1 is 1.21 bits per heavy atom. The quantitative estimate of drug-likeness (QED) is 0.833. The molecule has 0 aliphatic carbocycles. The summed E-state index contributed by atoms with van der Waals surface area (Å²) in [7, 11) is 0. The van der Waals surface area contributed by atoms with E-state index in [1.165, 1.54) is 0 Å². The van der Waals surface area contributed by atoms with Crippen molar-refractivity contribution >= 4 is 29.2 Å². The number of nitrogens with one attached hydrogen (secondary N) is 1. The average Bonchev–Trinajstić information content (AvgIpc) is 2.94. The maximum atomic E-state index is 6.02. The van der Waals surface area contributed by atoms with Crippen LogP contribution in [-0.2, 0) is 0 Å². The predicted octanol–water partition coefficient (Wildman–Crippen LogP) is 2.70. The Hall–Kier alpha value is -1.33. The summed E-state index contributed by atoms with van der Waals surface area (Å²) in [4.78, 5) is 0. The highest BCUT2D eigenvalue weighted by Crippen LogP contribution is 2.21. The van der Waals surface area contributed by atoms with Gasteiger partial charge >= 0.3 is 0 Å². The fraction of sp³-hybridized carbons (Fsp3) is 0.417. The number of halogens is 2. The number of para-hydroxylation sites is 1. The minimum absolute atomic E-state index is 0.384. The van der Waals surface area contributed by atoms with Crippen molar-refractivity contribution in [1.29, 1.82) is 0 Å². The molecular weight excluding hydrogens is 285 g/mol. The fourth-order valence-electron chi connectivity index (χ4n) is 1.63. The molecule has 0 spiro atoms. The summed E-state index contributed by atoms with van der Waals surface area (Å²) >= 11 is 12.0. The maximum absolute atomic E-state index is 6.02. The van der Waals surface area contributed by atoms with Gasteiger partial charge in [0.1, 0.15) is 0 Å². The molecule has 0 aliphatic heterocycles. The SMILES string of the molecule is CCC(CCl)(CCl)Nc1nnnn1-c1ccccc1. The van der Waals surface area contributed by atoms with Crippen LogP contribution in [0.1, 0.15) is 13.3 Å². The second-order valence-electron chi connectivity index (χ2n) is 4.28. The number of tetrazole rings is 1. The zero-order chi connectivity index (χ0) is 13.7. The summed E-state index contributed by atoms with van der Waals surface area (Å²) in [6.45, 7) is 2.02. The number of rotatable bonds is 6. The van der Waals surface area contributed by atoms with E-state index in [4.69, 9.17) is 23.2 Å². The Morgan fingerprint density at radius 3 is 2.47 bits per heavy atom. The van der Waals surface area contributed by atoms with Crippen molar-refractivity contribution in [2.75, 3.05) is 17.1 Å². The first kappa shape index (κ1) is 14.1. The Bertz CT molecular complexity index is 502. The number of hydrogen-bond donors (Lipinski definition) is 1. The zero-order valence-electron chi connectivity index (χ0n) is 10.6. The minimum atomic E-state index is -0.412. The molecule has 1 N–H and O–H groups in total. The lowest BCUT2D eigenvalue weighted by Crippen LogP contribution is -2.42. The van der Waals surface area contributed by atoms with Gasteiger partial charge in [-0.1, -0.05) is 30.2 Å². The van der Waals surface area contributed by atoms with E-state index >= 15 is 0 Å². The molecule has 0 bridgehead atoms. The summed E-state index contributed by atoms with van der Waals surface area (Å²) in [6, 6.07) is 9.65. The van der Waals surface area contributed by atoms with E-state index in [1.54, 1.807) is 4.68 Å². The summed E-state index contributed by atoms with van der Waals surface area (Å²) in [5, 5.41) is 14.9. The van der Waals surface area contributed by atoms with Gasteiger partial charge in [-0.25, -0.2) is 0 Å². The van der Waals surface area contributed by atoms with Crippen LogP contribution in [0.2, 0.25) is 0 Å². The lowest BCUT2D eigenvalue weighted by atomic mass is 10.0. The van der Waals surface area contributed by atoms with E-state index in [0.29, 0.717) is 17.7 Å². The van der Waals surface area contributed by atoms with Crippen LogP contribution < -0.4 is 5.32 Å². The molecule has 2 aromatic rings. The first-order valence-electron chi connectivity index (χ1n) is 5.98. The van der Waals surface area contributed by atoms with Gasteiger partial charge in [-0.05, 0) is 29.0 Å². The highest BCUT2D eigenvalue weighted by Gasteiger charge is 2.28. The highest BCUT2D eigenvalue weighted by molar-refractivity contribution is 6.22. The molecule has 1 heterocycles. The van der Waals surface area contributed by atoms with Gasteiger partial charge in [0.15, 0.2) is 0 Å². The van der Waals surface area contributed by atoms with Crippen LogP contribution in [0.25, 0.3) is 5.69 Å². The molecule has 1 aromatic carbocycles. The van der Waals surface area contributed by atoms with Gasteiger partial charge in [0, 0.05) is 11.8 Å². The molecular formula is C12H15Cl2N5. The Morgan fingerprint density at radius 2 is 1.89 bits per heavy atom. The van der Waals surface area contributed by atoms with Gasteiger partial charge in [0.2, 0.25) is 5.95 Å². The maximum Gasteiger partial charge on any atom is 0.248 e. The van der Waals surface area contributed by atoms with Crippen LogP contribution >= 0.6 is 23.2 Å². The molecule has 0 aliphatic rings. The highest BCUT2D eigenvalue weighted by atomic mass is 35.5. The standard InChI is InChI=1S/C12H15Cl2N5/c1-2-12(8-13,9-14)15-11-16-17-18-19(11)10-6-4-3-5-7-10/h3-7H,2,8-9H2,1H3,(H,15,16,18). The summed E-state index contributed by atoms with van der Waals surface area (Å²) in [5.41, 5.74) is 0.466. The van der Waals surface area contributed by atoms with Gasteiger partial charge in [0.05, 0.1) is 11.2 Å². The predicted molar refractivity (Wildman–Crippen MR) is 77.2 cm³/mol. The van der Waals surface area contributed by atoms with Gasteiger partial charge in [-0.3, -0.25) is 0 Å². The van der Waals surface area contributed by atoms with Crippen molar-refractivity contribution in [3.8, 4) is 5.69 Å². The van der Waals surface area contributed by atoms with Crippen molar-refractivity contribution in [2.45, 2.75) is 18.9 Å². The minimum Gasteiger partial charge on any atom is -0.345 e. The normalized spacial score (nSPS) is 11.5. The number of hydrogen-bond acceptors (Lipinski definition) is 4. The third-order valence-electron chi connectivity index (χ3n) is 3.04. The lowest BCUT2D eigenvalue weighted by Gasteiger charge is -2.29. The van der Waals surface area contributed by atoms with Crippen molar-refractivity contribution in [3.63, 3.8) is 0 Å². The van der Waals surface area contributed by atoms with Crippen molar-refractivity contribution < 1.29 is 0 Å². The smallest absolute Gasteiger partial charge is 0.248 e. The van der Waals surface area contributed by atoms with E-state index < -0.39 is 5.54 Å². The largest absolute Gasteiger partial charge is 0.345 e. The van der Waals surface area contributed by atoms with E-state index in [2.05, 4.69) is 20.8 Å². The number of nitrogens with zero attached hydrogens (tertiary/aromatic N) is 4. The van der Waals surface area contributed by atoms with Crippen molar-refractivity contribution in [3.05, 3.63) is 30.3 Å². The molecule has 0 radical (unpaired) electrons. The van der Waals surface area contributed by atoms with Crippen LogP contribution in [0.15, 0.2) is 30.3 Å². The Labute approximate surface area is 121 Å². The first-order chi connectivity index (χ1) is 9.24. The van der Waals surface area contributed by atoms with Gasteiger partial charge in [0.25, 0.3) is 0 Å². The molecule has 1 aromatic heterocycles. The lowest BCUT2D eigenvalue weighted by molar-refractivity contribution is 0.552. The number of benzene rings is 1. The zero-order valence-corrected chi connectivity index (χ0v) is 12.1. The molecule has 0 saturated heterocycles. The van der Waals surface area contributed by atoms with Crippen LogP contribution in [0.4, 0.5) is 5.95 Å². The average molecular weight is 300 g/mol. The topological polar surface area (TPSA) is 55.6 Å². The molecule has 0 unspecified atom stereocenters. The number of anilines is 1. The van der Waals surface area contributed by atoms with Crippen LogP contribution in [-0.4, -0.2) is 37.5 Å². The molecule has 0 saturated carbocycles. The molecule has 5 nitrogen and oxygen atoms in total. The van der Waals surface area contributed by atoms with E-state index in [9.17, 15) is 0 Å². The fourth-order valence-corrected chi connectivity index (χ4v) is 2.42. The molecule has 2 rings (SSSR count). The van der Waals surface area contributed by atoms with Crippen molar-refractivity contribution in [2.24, 2.45) is 0 Å². The molecule has 102 valence electrons. The second-order valence-corrected chi connectivity index (χ2v) is 4.81. The first-order valence-corrected chi connectivity index (χ1v) is 7.05. The Kier molecular flexibility index (Phi) is 4.61. The number of aromatic nitrogens is 4. The molecule has 0 fully saturated rings. The van der Waals surface area contributed by atoms with Gasteiger partial charge in [-0.15, -0.1) is 23.2 Å². The van der Waals surface area contributed by atoms with E-state index in [1.807, 2.05) is 37.3 Å². The molecule has 19 heavy (non-hydrogen) atoms. The van der Waals surface area contributed by atoms with Crippen molar-refractivity contribution in [1.82, 2.24) is 20.2 Å². The molecule has 0 atom stereocenters. The third-order valence-corrected chi connectivity index (χ3v) is 4.06.